The third-order valence-electron chi connectivity index (χ3n) is 2.71. The Morgan fingerprint density at radius 2 is 1.90 bits per heavy atom. The zero-order valence-electron chi connectivity index (χ0n) is 12.0. The van der Waals surface area contributed by atoms with Crippen molar-refractivity contribution < 1.29 is 9.53 Å². The van der Waals surface area contributed by atoms with Crippen molar-refractivity contribution in [2.24, 2.45) is 0 Å². The smallest absolute Gasteiger partial charge is 0.357 e. The van der Waals surface area contributed by atoms with Crippen LogP contribution in [0.15, 0.2) is 34.2 Å². The highest BCUT2D eigenvalue weighted by atomic mass is 35.5. The molecular formula is C15H15ClN2O2S. The van der Waals surface area contributed by atoms with Gasteiger partial charge in [-0.25, -0.2) is 14.8 Å². The van der Waals surface area contributed by atoms with Crippen molar-refractivity contribution in [3.63, 3.8) is 0 Å². The average molecular weight is 323 g/mol. The molecule has 0 spiro atoms. The molecule has 0 unspecified atom stereocenters. The molecule has 0 bridgehead atoms. The summed E-state index contributed by atoms with van der Waals surface area (Å²) in [4.78, 5) is 21.5. The number of rotatable bonds is 4. The molecule has 2 rings (SSSR count). The van der Waals surface area contributed by atoms with E-state index in [-0.39, 0.29) is 0 Å². The second-order valence-electron chi connectivity index (χ2n) is 4.33. The Labute approximate surface area is 132 Å². The van der Waals surface area contributed by atoms with Gasteiger partial charge in [-0.05, 0) is 45.0 Å². The lowest BCUT2D eigenvalue weighted by molar-refractivity contribution is 0.0517. The van der Waals surface area contributed by atoms with Gasteiger partial charge in [0, 0.05) is 15.5 Å². The maximum Gasteiger partial charge on any atom is 0.357 e. The van der Waals surface area contributed by atoms with E-state index in [0.29, 0.717) is 23.1 Å². The van der Waals surface area contributed by atoms with Gasteiger partial charge in [0.2, 0.25) is 0 Å². The lowest BCUT2D eigenvalue weighted by Crippen LogP contribution is -2.12. The Morgan fingerprint density at radius 3 is 2.52 bits per heavy atom. The first kappa shape index (κ1) is 15.8. The van der Waals surface area contributed by atoms with Crippen LogP contribution in [0.1, 0.15) is 28.8 Å². The van der Waals surface area contributed by atoms with E-state index in [0.717, 1.165) is 15.5 Å². The minimum Gasteiger partial charge on any atom is -0.461 e. The molecule has 0 saturated carbocycles. The third-order valence-corrected chi connectivity index (χ3v) is 4.06. The van der Waals surface area contributed by atoms with E-state index < -0.39 is 5.97 Å². The first-order valence-corrected chi connectivity index (χ1v) is 7.66. The number of aromatic nitrogens is 2. The van der Waals surface area contributed by atoms with E-state index in [1.165, 1.54) is 11.8 Å². The fraction of sp³-hybridized carbons (Fsp3) is 0.267. The van der Waals surface area contributed by atoms with Crippen LogP contribution in [0, 0.1) is 13.8 Å². The van der Waals surface area contributed by atoms with Gasteiger partial charge in [0.15, 0.2) is 5.69 Å². The van der Waals surface area contributed by atoms with Gasteiger partial charge in [-0.15, -0.1) is 0 Å². The van der Waals surface area contributed by atoms with Crippen molar-refractivity contribution in [1.82, 2.24) is 9.97 Å². The number of nitrogens with zero attached hydrogens (tertiary/aromatic N) is 2. The van der Waals surface area contributed by atoms with Crippen LogP contribution in [0.2, 0.25) is 5.02 Å². The molecule has 110 valence electrons. The summed E-state index contributed by atoms with van der Waals surface area (Å²) >= 11 is 7.35. The highest BCUT2D eigenvalue weighted by molar-refractivity contribution is 7.99. The van der Waals surface area contributed by atoms with Crippen molar-refractivity contribution >= 4 is 29.3 Å². The van der Waals surface area contributed by atoms with Crippen molar-refractivity contribution in [3.05, 3.63) is 46.4 Å². The lowest BCUT2D eigenvalue weighted by Gasteiger charge is -2.10. The van der Waals surface area contributed by atoms with Crippen LogP contribution >= 0.6 is 23.4 Å². The number of esters is 1. The molecule has 1 heterocycles. The second kappa shape index (κ2) is 6.91. The molecule has 4 nitrogen and oxygen atoms in total. The number of aryl methyl sites for hydroxylation is 1. The van der Waals surface area contributed by atoms with Crippen molar-refractivity contribution in [2.45, 2.75) is 30.7 Å². The van der Waals surface area contributed by atoms with Crippen LogP contribution in [0.3, 0.4) is 0 Å². The fourth-order valence-corrected chi connectivity index (χ4v) is 2.76. The number of ether oxygens (including phenoxy) is 1. The topological polar surface area (TPSA) is 52.1 Å². The van der Waals surface area contributed by atoms with Crippen LogP contribution in [0.5, 0.6) is 0 Å². The molecule has 6 heteroatoms. The summed E-state index contributed by atoms with van der Waals surface area (Å²) in [6, 6.07) is 7.46. The number of carbonyl (C=O) groups excluding carboxylic acids is 1. The highest BCUT2D eigenvalue weighted by Gasteiger charge is 2.17. The third kappa shape index (κ3) is 3.95. The van der Waals surface area contributed by atoms with Crippen LogP contribution in [0.25, 0.3) is 0 Å². The van der Waals surface area contributed by atoms with Crippen LogP contribution in [-0.2, 0) is 4.74 Å². The summed E-state index contributed by atoms with van der Waals surface area (Å²) in [5.41, 5.74) is 1.04. The standard InChI is InChI=1S/C15H15ClN2O2S/c1-4-20-15(19)13-9(2)14(18-10(3)17-13)21-12-7-5-11(16)6-8-12/h5-8H,4H2,1-3H3. The molecule has 0 aliphatic heterocycles. The molecule has 0 radical (unpaired) electrons. The molecule has 0 aliphatic rings. The molecule has 1 aromatic carbocycles. The van der Waals surface area contributed by atoms with Gasteiger partial charge in [0.25, 0.3) is 0 Å². The largest absolute Gasteiger partial charge is 0.461 e. The Morgan fingerprint density at radius 1 is 1.24 bits per heavy atom. The zero-order valence-corrected chi connectivity index (χ0v) is 13.6. The summed E-state index contributed by atoms with van der Waals surface area (Å²) in [7, 11) is 0. The van der Waals surface area contributed by atoms with E-state index in [1.54, 1.807) is 13.8 Å². The Balaban J connectivity index is 2.35. The van der Waals surface area contributed by atoms with Gasteiger partial charge in [-0.3, -0.25) is 0 Å². The summed E-state index contributed by atoms with van der Waals surface area (Å²) < 4.78 is 5.03. The maximum atomic E-state index is 11.9. The van der Waals surface area contributed by atoms with E-state index in [1.807, 2.05) is 31.2 Å². The number of hydrogen-bond donors (Lipinski definition) is 0. The van der Waals surface area contributed by atoms with E-state index >= 15 is 0 Å². The van der Waals surface area contributed by atoms with Gasteiger partial charge in [0.05, 0.1) is 6.61 Å². The van der Waals surface area contributed by atoms with Gasteiger partial charge in [-0.2, -0.15) is 0 Å². The SMILES string of the molecule is CCOC(=O)c1nc(C)nc(Sc2ccc(Cl)cc2)c1C. The van der Waals surface area contributed by atoms with Crippen LogP contribution in [0.4, 0.5) is 0 Å². The van der Waals surface area contributed by atoms with Crippen LogP contribution in [-0.4, -0.2) is 22.5 Å². The number of carbonyl (C=O) groups is 1. The molecule has 0 saturated heterocycles. The molecule has 0 amide bonds. The first-order valence-electron chi connectivity index (χ1n) is 6.47. The van der Waals surface area contributed by atoms with Gasteiger partial charge >= 0.3 is 5.97 Å². The highest BCUT2D eigenvalue weighted by Crippen LogP contribution is 2.30. The normalized spacial score (nSPS) is 10.5. The zero-order chi connectivity index (χ0) is 15.4. The fourth-order valence-electron chi connectivity index (χ4n) is 1.71. The molecular weight excluding hydrogens is 308 g/mol. The average Bonchev–Trinajstić information content (AvgIpc) is 2.45. The number of hydrogen-bond acceptors (Lipinski definition) is 5. The van der Waals surface area contributed by atoms with Gasteiger partial charge < -0.3 is 4.74 Å². The van der Waals surface area contributed by atoms with Gasteiger partial charge in [-0.1, -0.05) is 23.4 Å². The van der Waals surface area contributed by atoms with E-state index in [4.69, 9.17) is 16.3 Å². The second-order valence-corrected chi connectivity index (χ2v) is 5.82. The Bertz CT molecular complexity index is 659. The molecule has 0 fully saturated rings. The summed E-state index contributed by atoms with van der Waals surface area (Å²) in [6.07, 6.45) is 0. The first-order chi connectivity index (χ1) is 10.0. The van der Waals surface area contributed by atoms with Gasteiger partial charge in [0.1, 0.15) is 10.9 Å². The predicted molar refractivity (Wildman–Crippen MR) is 83.0 cm³/mol. The molecule has 1 aromatic heterocycles. The molecule has 21 heavy (non-hydrogen) atoms. The summed E-state index contributed by atoms with van der Waals surface area (Å²) in [5, 5.41) is 1.43. The maximum absolute atomic E-state index is 11.9. The summed E-state index contributed by atoms with van der Waals surface area (Å²) in [5.74, 6) is 0.124. The van der Waals surface area contributed by atoms with E-state index in [2.05, 4.69) is 9.97 Å². The summed E-state index contributed by atoms with van der Waals surface area (Å²) in [6.45, 7) is 5.67. The van der Waals surface area contributed by atoms with Crippen molar-refractivity contribution in [1.29, 1.82) is 0 Å². The molecule has 2 aromatic rings. The van der Waals surface area contributed by atoms with E-state index in [9.17, 15) is 4.79 Å². The van der Waals surface area contributed by atoms with Crippen LogP contribution < -0.4 is 0 Å². The number of halogens is 1. The Hall–Kier alpha value is -1.59. The predicted octanol–water partition coefficient (Wildman–Crippen LogP) is 4.07. The minimum absolute atomic E-state index is 0.320. The minimum atomic E-state index is -0.418. The molecule has 0 N–H and O–H groups in total. The Kier molecular flexibility index (Phi) is 5.20. The molecule has 0 aliphatic carbocycles. The van der Waals surface area contributed by atoms with Crippen molar-refractivity contribution in [3.8, 4) is 0 Å². The monoisotopic (exact) mass is 322 g/mol. The quantitative estimate of drug-likeness (QED) is 0.627. The van der Waals surface area contributed by atoms with Crippen molar-refractivity contribution in [2.75, 3.05) is 6.61 Å². The molecule has 0 atom stereocenters. The lowest BCUT2D eigenvalue weighted by atomic mass is 10.2. The number of benzene rings is 1.